The molecule has 0 aromatic carbocycles. The van der Waals surface area contributed by atoms with Gasteiger partial charge >= 0.3 is 11.9 Å². The van der Waals surface area contributed by atoms with Crippen LogP contribution in [-0.2, 0) is 9.59 Å². The van der Waals surface area contributed by atoms with E-state index in [-0.39, 0.29) is 0 Å². The smallest absolute Gasteiger partial charge is 0.328 e. The van der Waals surface area contributed by atoms with Crippen molar-refractivity contribution in [3.8, 4) is 0 Å². The minimum atomic E-state index is -1.26. The summed E-state index contributed by atoms with van der Waals surface area (Å²) in [5.41, 5.74) is 0. The molecule has 0 saturated carbocycles. The molecule has 0 saturated heterocycles. The number of aliphatic carboxylic acids is 2. The number of nitrogens with zero attached hydrogens (tertiary/aromatic N) is 2. The summed E-state index contributed by atoms with van der Waals surface area (Å²) in [6.45, 7) is 23.3. The van der Waals surface area contributed by atoms with E-state index in [2.05, 4.69) is 41.5 Å². The number of carbonyl (C=O) groups is 2. The van der Waals surface area contributed by atoms with Crippen molar-refractivity contribution in [1.82, 2.24) is 0 Å². The van der Waals surface area contributed by atoms with Crippen molar-refractivity contribution in [2.45, 2.75) is 80.1 Å². The average Bonchev–Trinajstić information content (AvgIpc) is 2.75. The minimum absolute atomic E-state index is 0.333. The monoisotopic (exact) mass is 492 g/mol. The molecule has 0 aliphatic rings. The van der Waals surface area contributed by atoms with E-state index in [1.54, 1.807) is 0 Å². The van der Waals surface area contributed by atoms with E-state index >= 15 is 0 Å². The number of aliphatic hydroxyl groups is 2. The van der Waals surface area contributed by atoms with E-state index in [1.807, 2.05) is 0 Å². The number of rotatable bonds is 18. The molecule has 0 atom stereocenters. The Balaban J connectivity index is -0.000000438. The Morgan fingerprint density at radius 2 is 0.706 bits per heavy atom. The third-order valence-corrected chi connectivity index (χ3v) is 5.70. The van der Waals surface area contributed by atoms with Crippen molar-refractivity contribution >= 4 is 11.9 Å². The quantitative estimate of drug-likeness (QED) is 0.171. The largest absolute Gasteiger partial charge is 0.478 e. The Morgan fingerprint density at radius 3 is 0.824 bits per heavy atom. The first-order valence-corrected chi connectivity index (χ1v) is 13.2. The number of aliphatic hydroxyl groups excluding tert-OH is 2. The molecule has 8 heteroatoms. The van der Waals surface area contributed by atoms with Crippen molar-refractivity contribution < 1.29 is 39.0 Å². The highest BCUT2D eigenvalue weighted by Gasteiger charge is 2.24. The number of hydrogen-bond acceptors (Lipinski definition) is 4. The molecule has 0 heterocycles. The van der Waals surface area contributed by atoms with Crippen LogP contribution in [0, 0.1) is 0 Å². The maximum absolute atomic E-state index is 9.55. The van der Waals surface area contributed by atoms with Crippen LogP contribution in [0.2, 0.25) is 0 Å². The molecule has 0 bridgehead atoms. The molecular weight excluding hydrogens is 436 g/mol. The molecule has 34 heavy (non-hydrogen) atoms. The van der Waals surface area contributed by atoms with E-state index in [0.29, 0.717) is 25.4 Å². The molecule has 0 aliphatic carbocycles. The number of quaternary nitrogens is 2. The third-order valence-electron chi connectivity index (χ3n) is 5.70. The predicted octanol–water partition coefficient (Wildman–Crippen LogP) is 3.76. The van der Waals surface area contributed by atoms with Gasteiger partial charge in [0.2, 0.25) is 0 Å². The van der Waals surface area contributed by atoms with Gasteiger partial charge in [0, 0.05) is 12.2 Å². The van der Waals surface area contributed by atoms with Gasteiger partial charge in [0.1, 0.15) is 13.1 Å². The van der Waals surface area contributed by atoms with Crippen LogP contribution in [0.5, 0.6) is 0 Å². The summed E-state index contributed by atoms with van der Waals surface area (Å²) >= 11 is 0. The Hall–Kier alpha value is -1.48. The van der Waals surface area contributed by atoms with Crippen molar-refractivity contribution in [1.29, 1.82) is 0 Å². The maximum atomic E-state index is 9.55. The Kier molecular flexibility index (Phi) is 26.9. The summed E-state index contributed by atoms with van der Waals surface area (Å²) in [5, 5.41) is 33.8. The zero-order valence-electron chi connectivity index (χ0n) is 23.0. The van der Waals surface area contributed by atoms with Crippen molar-refractivity contribution in [2.24, 2.45) is 0 Å². The van der Waals surface area contributed by atoms with Crippen molar-refractivity contribution in [3.63, 3.8) is 0 Å². The maximum Gasteiger partial charge on any atom is 0.328 e. The first-order valence-electron chi connectivity index (χ1n) is 13.2. The van der Waals surface area contributed by atoms with Crippen LogP contribution in [0.3, 0.4) is 0 Å². The zero-order chi connectivity index (χ0) is 26.9. The lowest BCUT2D eigenvalue weighted by Gasteiger charge is -2.38. The van der Waals surface area contributed by atoms with E-state index < -0.39 is 11.9 Å². The molecule has 0 spiro atoms. The molecule has 0 aromatic heterocycles. The molecule has 0 amide bonds. The van der Waals surface area contributed by atoms with Crippen LogP contribution in [-0.4, -0.2) is 107 Å². The van der Waals surface area contributed by atoms with Gasteiger partial charge in [0.25, 0.3) is 0 Å². The van der Waals surface area contributed by atoms with E-state index in [0.717, 1.165) is 22.1 Å². The molecule has 0 aromatic rings. The third kappa shape index (κ3) is 21.1. The van der Waals surface area contributed by atoms with Crippen LogP contribution in [0.15, 0.2) is 12.2 Å². The lowest BCUT2D eigenvalue weighted by molar-refractivity contribution is -0.928. The molecule has 0 unspecified atom stereocenters. The fourth-order valence-corrected chi connectivity index (χ4v) is 4.75. The summed E-state index contributed by atoms with van der Waals surface area (Å²) in [5.74, 6) is -2.51. The average molecular weight is 493 g/mol. The van der Waals surface area contributed by atoms with Crippen molar-refractivity contribution in [2.75, 3.05) is 65.6 Å². The van der Waals surface area contributed by atoms with Crippen LogP contribution >= 0.6 is 0 Å². The summed E-state index contributed by atoms with van der Waals surface area (Å²) < 4.78 is 2.25. The second-order valence-corrected chi connectivity index (χ2v) is 8.93. The first-order chi connectivity index (χ1) is 16.1. The van der Waals surface area contributed by atoms with Gasteiger partial charge in [-0.3, -0.25) is 0 Å². The normalized spacial score (nSPS) is 11.4. The van der Waals surface area contributed by atoms with E-state index in [9.17, 15) is 9.59 Å². The minimum Gasteiger partial charge on any atom is -0.478 e. The lowest BCUT2D eigenvalue weighted by Crippen LogP contribution is -2.51. The van der Waals surface area contributed by atoms with Crippen LogP contribution < -0.4 is 0 Å². The Labute approximate surface area is 209 Å². The molecule has 0 aliphatic heterocycles. The molecular formula is C26H56N2O6+2. The van der Waals surface area contributed by atoms with Gasteiger partial charge in [-0.1, -0.05) is 41.5 Å². The molecule has 204 valence electrons. The van der Waals surface area contributed by atoms with Gasteiger partial charge in [0.05, 0.1) is 52.5 Å². The van der Waals surface area contributed by atoms with E-state index in [1.165, 1.54) is 77.8 Å². The second-order valence-electron chi connectivity index (χ2n) is 8.93. The number of hydrogen-bond donors (Lipinski definition) is 4. The van der Waals surface area contributed by atoms with Crippen LogP contribution in [0.4, 0.5) is 0 Å². The Morgan fingerprint density at radius 1 is 0.500 bits per heavy atom. The van der Waals surface area contributed by atoms with Gasteiger partial charge in [-0.25, -0.2) is 9.59 Å². The summed E-state index contributed by atoms with van der Waals surface area (Å²) in [7, 11) is 0. The highest BCUT2D eigenvalue weighted by molar-refractivity contribution is 5.89. The fraction of sp³-hybridized carbons (Fsp3) is 0.846. The van der Waals surface area contributed by atoms with Crippen LogP contribution in [0.25, 0.3) is 0 Å². The zero-order valence-corrected chi connectivity index (χ0v) is 23.0. The standard InChI is InChI=1S/2C11H26NO.C4H4O4/c2*1-4-7-12(8-5-2,9-6-3)10-11-13;5-3(6)1-2-4(7)8/h2*13H,4-11H2,1-3H3;1-2H,(H,5,6)(H,7,8)/q2*+1;/b;;2-1-. The highest BCUT2D eigenvalue weighted by Crippen LogP contribution is 2.11. The van der Waals surface area contributed by atoms with Gasteiger partial charge in [-0.05, 0) is 38.5 Å². The SMILES string of the molecule is CCC[N+](CCC)(CCC)CCO.CCC[N+](CCC)(CCC)CCO.O=C(O)/C=C\C(=O)O. The predicted molar refractivity (Wildman–Crippen MR) is 140 cm³/mol. The fourth-order valence-electron chi connectivity index (χ4n) is 4.75. The molecule has 0 fully saturated rings. The highest BCUT2D eigenvalue weighted by atomic mass is 16.4. The van der Waals surface area contributed by atoms with E-state index in [4.69, 9.17) is 20.4 Å². The second kappa shape index (κ2) is 24.6. The lowest BCUT2D eigenvalue weighted by atomic mass is 10.2. The number of carboxylic acids is 2. The molecule has 4 N–H and O–H groups in total. The van der Waals surface area contributed by atoms with Gasteiger partial charge in [0.15, 0.2) is 0 Å². The Bertz CT molecular complexity index is 408. The van der Waals surface area contributed by atoms with Gasteiger partial charge in [-0.15, -0.1) is 0 Å². The first kappa shape index (κ1) is 37.1. The molecule has 0 rings (SSSR count). The number of carboxylic acid groups (broad SMARTS) is 2. The van der Waals surface area contributed by atoms with Crippen molar-refractivity contribution in [3.05, 3.63) is 12.2 Å². The summed E-state index contributed by atoms with van der Waals surface area (Å²) in [6, 6.07) is 0. The summed E-state index contributed by atoms with van der Waals surface area (Å²) in [4.78, 5) is 19.1. The molecule has 8 nitrogen and oxygen atoms in total. The van der Waals surface area contributed by atoms with Gasteiger partial charge in [-0.2, -0.15) is 0 Å². The molecule has 0 radical (unpaired) electrons. The van der Waals surface area contributed by atoms with Gasteiger partial charge < -0.3 is 29.4 Å². The summed E-state index contributed by atoms with van der Waals surface area (Å²) in [6.07, 6.45) is 8.45. The van der Waals surface area contributed by atoms with Crippen LogP contribution in [0.1, 0.15) is 80.1 Å². The topological polar surface area (TPSA) is 115 Å².